The van der Waals surface area contributed by atoms with Crippen LogP contribution >= 0.6 is 23.2 Å². The first-order chi connectivity index (χ1) is 11.1. The Morgan fingerprint density at radius 3 is 2.96 bits per heavy atom. The molecule has 23 heavy (non-hydrogen) atoms. The zero-order valence-electron chi connectivity index (χ0n) is 13.2. The number of benzene rings is 1. The Kier molecular flexibility index (Phi) is 5.34. The Bertz CT molecular complexity index is 582. The Labute approximate surface area is 147 Å². The molecule has 1 amide bonds. The van der Waals surface area contributed by atoms with Crippen LogP contribution in [0, 0.1) is 0 Å². The summed E-state index contributed by atoms with van der Waals surface area (Å²) < 4.78 is 5.69. The molecule has 6 heteroatoms. The normalized spacial score (nSPS) is 25.7. The molecular formula is C17H22Cl2N2O2. The summed E-state index contributed by atoms with van der Waals surface area (Å²) in [5.41, 5.74) is 0. The molecule has 1 aromatic rings. The molecule has 0 spiro atoms. The third-order valence-corrected chi connectivity index (χ3v) is 5.57. The van der Waals surface area contributed by atoms with E-state index in [1.54, 1.807) is 25.1 Å². The Morgan fingerprint density at radius 1 is 1.30 bits per heavy atom. The summed E-state index contributed by atoms with van der Waals surface area (Å²) >= 11 is 12.1. The van der Waals surface area contributed by atoms with Gasteiger partial charge in [-0.3, -0.25) is 9.69 Å². The van der Waals surface area contributed by atoms with Crippen molar-refractivity contribution >= 4 is 29.1 Å². The van der Waals surface area contributed by atoms with E-state index in [4.69, 9.17) is 27.9 Å². The molecule has 3 rings (SSSR count). The highest BCUT2D eigenvalue weighted by atomic mass is 35.5. The van der Waals surface area contributed by atoms with E-state index >= 15 is 0 Å². The van der Waals surface area contributed by atoms with Crippen molar-refractivity contribution in [1.29, 1.82) is 0 Å². The van der Waals surface area contributed by atoms with Gasteiger partial charge in [-0.05, 0) is 44.9 Å². The van der Waals surface area contributed by atoms with Crippen LogP contribution < -0.4 is 10.1 Å². The Hall–Kier alpha value is -0.970. The van der Waals surface area contributed by atoms with Crippen molar-refractivity contribution in [2.24, 2.45) is 0 Å². The number of hydrogen-bond acceptors (Lipinski definition) is 3. The molecule has 2 aliphatic heterocycles. The van der Waals surface area contributed by atoms with Crippen molar-refractivity contribution in [2.45, 2.75) is 50.8 Å². The second kappa shape index (κ2) is 7.29. The molecule has 0 radical (unpaired) electrons. The van der Waals surface area contributed by atoms with Crippen molar-refractivity contribution in [2.75, 3.05) is 13.1 Å². The number of carbonyl (C=O) groups is 1. The van der Waals surface area contributed by atoms with Gasteiger partial charge in [0.15, 0.2) is 6.10 Å². The number of amides is 1. The SMILES string of the molecule is C[C@H](Oc1cccc(Cl)c1Cl)C(=O)N[C@@H]1CCN2CCCC[C@H]12. The molecule has 2 saturated heterocycles. The van der Waals surface area contributed by atoms with E-state index in [-0.39, 0.29) is 11.9 Å². The fraction of sp³-hybridized carbons (Fsp3) is 0.588. The number of piperidine rings is 1. The van der Waals surface area contributed by atoms with Crippen LogP contribution in [0.5, 0.6) is 5.75 Å². The van der Waals surface area contributed by atoms with Gasteiger partial charge >= 0.3 is 0 Å². The third kappa shape index (κ3) is 3.76. The number of hydrogen-bond donors (Lipinski definition) is 1. The molecule has 0 bridgehead atoms. The van der Waals surface area contributed by atoms with E-state index in [0.717, 1.165) is 19.5 Å². The smallest absolute Gasteiger partial charge is 0.261 e. The fourth-order valence-electron chi connectivity index (χ4n) is 3.53. The minimum absolute atomic E-state index is 0.0986. The highest BCUT2D eigenvalue weighted by Gasteiger charge is 2.36. The molecule has 0 aliphatic carbocycles. The molecule has 2 heterocycles. The van der Waals surface area contributed by atoms with Crippen molar-refractivity contribution < 1.29 is 9.53 Å². The van der Waals surface area contributed by atoms with E-state index in [1.807, 2.05) is 0 Å². The van der Waals surface area contributed by atoms with E-state index in [2.05, 4.69) is 10.2 Å². The molecule has 0 saturated carbocycles. The Morgan fingerprint density at radius 2 is 2.13 bits per heavy atom. The number of rotatable bonds is 4. The summed E-state index contributed by atoms with van der Waals surface area (Å²) in [7, 11) is 0. The molecule has 2 aliphatic rings. The molecule has 126 valence electrons. The maximum Gasteiger partial charge on any atom is 0.261 e. The van der Waals surface area contributed by atoms with Gasteiger partial charge in [-0.2, -0.15) is 0 Å². The zero-order valence-corrected chi connectivity index (χ0v) is 14.7. The molecule has 1 N–H and O–H groups in total. The maximum absolute atomic E-state index is 12.4. The molecule has 3 atom stereocenters. The van der Waals surface area contributed by atoms with Crippen LogP contribution in [0.15, 0.2) is 18.2 Å². The van der Waals surface area contributed by atoms with Crippen LogP contribution in [-0.4, -0.2) is 42.1 Å². The molecule has 4 nitrogen and oxygen atoms in total. The third-order valence-electron chi connectivity index (χ3n) is 4.77. The first-order valence-electron chi connectivity index (χ1n) is 8.21. The predicted octanol–water partition coefficient (Wildman–Crippen LogP) is 3.50. The van der Waals surface area contributed by atoms with Gasteiger partial charge in [0.1, 0.15) is 10.8 Å². The van der Waals surface area contributed by atoms with Crippen LogP contribution in [-0.2, 0) is 4.79 Å². The van der Waals surface area contributed by atoms with Crippen LogP contribution in [0.25, 0.3) is 0 Å². The van der Waals surface area contributed by atoms with Crippen LogP contribution in [0.1, 0.15) is 32.6 Å². The van der Waals surface area contributed by atoms with Gasteiger partial charge in [0.25, 0.3) is 5.91 Å². The van der Waals surface area contributed by atoms with Gasteiger partial charge < -0.3 is 10.1 Å². The summed E-state index contributed by atoms with van der Waals surface area (Å²) in [6.45, 7) is 3.96. The minimum atomic E-state index is -0.608. The fourth-order valence-corrected chi connectivity index (χ4v) is 3.87. The van der Waals surface area contributed by atoms with Crippen molar-refractivity contribution in [3.05, 3.63) is 28.2 Å². The van der Waals surface area contributed by atoms with Crippen LogP contribution in [0.4, 0.5) is 0 Å². The molecule has 2 fully saturated rings. The van der Waals surface area contributed by atoms with Gasteiger partial charge in [0, 0.05) is 18.6 Å². The maximum atomic E-state index is 12.4. The standard InChI is InChI=1S/C17H22Cl2N2O2/c1-11(23-15-7-4-5-12(18)16(15)19)17(22)20-13-8-10-21-9-3-2-6-14(13)21/h4-5,7,11,13-14H,2-3,6,8-10H2,1H3,(H,20,22)/t11-,13+,14+/m0/s1. The summed E-state index contributed by atoms with van der Waals surface area (Å²) in [5.74, 6) is 0.339. The number of halogens is 2. The average molecular weight is 357 g/mol. The summed E-state index contributed by atoms with van der Waals surface area (Å²) in [6.07, 6.45) is 4.09. The molecular weight excluding hydrogens is 335 g/mol. The van der Waals surface area contributed by atoms with Gasteiger partial charge in [0.05, 0.1) is 5.02 Å². The lowest BCUT2D eigenvalue weighted by molar-refractivity contribution is -0.128. The number of carbonyl (C=O) groups excluding carboxylic acids is 1. The van der Waals surface area contributed by atoms with Crippen LogP contribution in [0.3, 0.4) is 0 Å². The second-order valence-electron chi connectivity index (χ2n) is 6.31. The number of nitrogens with zero attached hydrogens (tertiary/aromatic N) is 1. The van der Waals surface area contributed by atoms with Crippen molar-refractivity contribution in [3.8, 4) is 5.75 Å². The largest absolute Gasteiger partial charge is 0.479 e. The van der Waals surface area contributed by atoms with Gasteiger partial charge in [-0.1, -0.05) is 35.7 Å². The average Bonchev–Trinajstić information content (AvgIpc) is 2.95. The number of fused-ring (bicyclic) bond motifs is 1. The first-order valence-corrected chi connectivity index (χ1v) is 8.97. The van der Waals surface area contributed by atoms with Crippen molar-refractivity contribution in [3.63, 3.8) is 0 Å². The zero-order chi connectivity index (χ0) is 16.4. The van der Waals surface area contributed by atoms with Crippen LogP contribution in [0.2, 0.25) is 10.0 Å². The number of nitrogens with one attached hydrogen (secondary N) is 1. The van der Waals surface area contributed by atoms with Gasteiger partial charge in [-0.25, -0.2) is 0 Å². The van der Waals surface area contributed by atoms with E-state index < -0.39 is 6.10 Å². The van der Waals surface area contributed by atoms with E-state index in [1.165, 1.54) is 19.3 Å². The first kappa shape index (κ1) is 16.9. The summed E-state index contributed by atoms with van der Waals surface area (Å²) in [5, 5.41) is 3.91. The molecule has 0 aromatic heterocycles. The lowest BCUT2D eigenvalue weighted by atomic mass is 9.99. The number of ether oxygens (including phenoxy) is 1. The Balaban J connectivity index is 1.58. The second-order valence-corrected chi connectivity index (χ2v) is 7.10. The summed E-state index contributed by atoms with van der Waals surface area (Å²) in [6, 6.07) is 5.87. The molecule has 1 aromatic carbocycles. The van der Waals surface area contributed by atoms with E-state index in [9.17, 15) is 4.79 Å². The monoisotopic (exact) mass is 356 g/mol. The highest BCUT2D eigenvalue weighted by molar-refractivity contribution is 6.42. The quantitative estimate of drug-likeness (QED) is 0.897. The van der Waals surface area contributed by atoms with Crippen molar-refractivity contribution in [1.82, 2.24) is 10.2 Å². The lowest BCUT2D eigenvalue weighted by Gasteiger charge is -2.32. The lowest BCUT2D eigenvalue weighted by Crippen LogP contribution is -2.49. The van der Waals surface area contributed by atoms with Gasteiger partial charge in [-0.15, -0.1) is 0 Å². The predicted molar refractivity (Wildman–Crippen MR) is 92.3 cm³/mol. The van der Waals surface area contributed by atoms with E-state index in [0.29, 0.717) is 21.8 Å². The topological polar surface area (TPSA) is 41.6 Å². The van der Waals surface area contributed by atoms with Gasteiger partial charge in [0.2, 0.25) is 0 Å². The summed E-state index contributed by atoms with van der Waals surface area (Å²) in [4.78, 5) is 14.9. The highest BCUT2D eigenvalue weighted by Crippen LogP contribution is 2.32. The minimum Gasteiger partial charge on any atom is -0.479 e. The molecule has 0 unspecified atom stereocenters.